The molecule has 0 fully saturated rings. The Morgan fingerprint density at radius 1 is 1.25 bits per heavy atom. The zero-order chi connectivity index (χ0) is 11.8. The summed E-state index contributed by atoms with van der Waals surface area (Å²) < 4.78 is 5.51. The Morgan fingerprint density at radius 2 is 1.94 bits per heavy atom. The van der Waals surface area contributed by atoms with Gasteiger partial charge in [0.05, 0.1) is 0 Å². The first-order chi connectivity index (χ1) is 7.80. The summed E-state index contributed by atoms with van der Waals surface area (Å²) in [6.07, 6.45) is 3.93. The van der Waals surface area contributed by atoms with Gasteiger partial charge in [0.2, 0.25) is 0 Å². The van der Waals surface area contributed by atoms with E-state index < -0.39 is 0 Å². The second-order valence-corrected chi connectivity index (χ2v) is 3.89. The number of unbranched alkanes of at least 4 members (excludes halogenated alkanes) is 1. The lowest BCUT2D eigenvalue weighted by atomic mass is 10.1. The van der Waals surface area contributed by atoms with E-state index in [1.807, 2.05) is 19.1 Å². The van der Waals surface area contributed by atoms with E-state index in [-0.39, 0.29) is 6.10 Å². The molecule has 2 heteroatoms. The van der Waals surface area contributed by atoms with Gasteiger partial charge in [-0.25, -0.2) is 0 Å². The van der Waals surface area contributed by atoms with Crippen LogP contribution in [0.15, 0.2) is 24.3 Å². The van der Waals surface area contributed by atoms with Gasteiger partial charge in [0.1, 0.15) is 11.8 Å². The van der Waals surface area contributed by atoms with Gasteiger partial charge in [-0.3, -0.25) is 0 Å². The molecule has 0 saturated carbocycles. The first kappa shape index (κ1) is 12.6. The van der Waals surface area contributed by atoms with Crippen LogP contribution in [0.5, 0.6) is 5.75 Å². The van der Waals surface area contributed by atoms with Crippen molar-refractivity contribution in [1.82, 2.24) is 0 Å². The molecule has 1 atom stereocenters. The largest absolute Gasteiger partial charge is 0.476 e. The van der Waals surface area contributed by atoms with Crippen molar-refractivity contribution >= 4 is 0 Å². The molecule has 0 heterocycles. The Morgan fingerprint density at radius 3 is 2.44 bits per heavy atom. The lowest BCUT2D eigenvalue weighted by Crippen LogP contribution is -2.11. The molecule has 16 heavy (non-hydrogen) atoms. The highest BCUT2D eigenvalue weighted by Crippen LogP contribution is 2.16. The van der Waals surface area contributed by atoms with Gasteiger partial charge >= 0.3 is 0 Å². The highest BCUT2D eigenvalue weighted by molar-refractivity contribution is 5.27. The van der Waals surface area contributed by atoms with Gasteiger partial charge in [-0.1, -0.05) is 32.4 Å². The molecule has 2 nitrogen and oxygen atoms in total. The summed E-state index contributed by atoms with van der Waals surface area (Å²) >= 11 is 0. The van der Waals surface area contributed by atoms with Gasteiger partial charge in [0.25, 0.3) is 0 Å². The Balaban J connectivity index is 2.54. The predicted molar refractivity (Wildman–Crippen MR) is 65.4 cm³/mol. The van der Waals surface area contributed by atoms with E-state index in [2.05, 4.69) is 25.1 Å². The smallest absolute Gasteiger partial charge is 0.184 e. The number of benzene rings is 1. The molecule has 0 aliphatic heterocycles. The van der Waals surface area contributed by atoms with E-state index in [4.69, 9.17) is 10.00 Å². The minimum Gasteiger partial charge on any atom is -0.476 e. The van der Waals surface area contributed by atoms with Crippen LogP contribution in [0.3, 0.4) is 0 Å². The van der Waals surface area contributed by atoms with Crippen molar-refractivity contribution < 1.29 is 4.74 Å². The SMILES string of the molecule is CCCCc1ccc(OC(C#N)CC)cc1. The molecule has 86 valence electrons. The summed E-state index contributed by atoms with van der Waals surface area (Å²) in [6.45, 7) is 4.14. The first-order valence-electron chi connectivity index (χ1n) is 5.95. The molecule has 0 aliphatic carbocycles. The van der Waals surface area contributed by atoms with Crippen LogP contribution in [0.1, 0.15) is 38.7 Å². The zero-order valence-electron chi connectivity index (χ0n) is 10.1. The van der Waals surface area contributed by atoms with E-state index in [1.165, 1.54) is 18.4 Å². The maximum Gasteiger partial charge on any atom is 0.184 e. The minimum atomic E-state index is -0.332. The van der Waals surface area contributed by atoms with Gasteiger partial charge in [0.15, 0.2) is 6.10 Å². The third kappa shape index (κ3) is 3.94. The molecule has 0 spiro atoms. The summed E-state index contributed by atoms with van der Waals surface area (Å²) in [5.74, 6) is 0.786. The van der Waals surface area contributed by atoms with Gasteiger partial charge in [-0.05, 0) is 37.0 Å². The number of aryl methyl sites for hydroxylation is 1. The molecule has 0 aromatic heterocycles. The van der Waals surface area contributed by atoms with Crippen molar-refractivity contribution in [2.24, 2.45) is 0 Å². The molecular formula is C14H19NO. The van der Waals surface area contributed by atoms with Crippen molar-refractivity contribution in [2.75, 3.05) is 0 Å². The molecule has 0 N–H and O–H groups in total. The standard InChI is InChI=1S/C14H19NO/c1-3-5-6-12-7-9-14(10-8-12)16-13(4-2)11-15/h7-10,13H,3-6H2,1-2H3. The van der Waals surface area contributed by atoms with Gasteiger partial charge in [-0.2, -0.15) is 5.26 Å². The van der Waals surface area contributed by atoms with Crippen LogP contribution in [0.2, 0.25) is 0 Å². The van der Waals surface area contributed by atoms with Crippen LogP contribution < -0.4 is 4.74 Å². The van der Waals surface area contributed by atoms with E-state index in [9.17, 15) is 0 Å². The molecule has 0 amide bonds. The van der Waals surface area contributed by atoms with Crippen molar-refractivity contribution in [3.63, 3.8) is 0 Å². The van der Waals surface area contributed by atoms with E-state index in [0.29, 0.717) is 6.42 Å². The third-order valence-electron chi connectivity index (χ3n) is 2.54. The summed E-state index contributed by atoms with van der Waals surface area (Å²) in [5, 5.41) is 8.78. The molecule has 1 aromatic rings. The lowest BCUT2D eigenvalue weighted by molar-refractivity contribution is 0.252. The molecule has 0 aliphatic rings. The van der Waals surface area contributed by atoms with Crippen LogP contribution in [-0.4, -0.2) is 6.10 Å². The highest BCUT2D eigenvalue weighted by atomic mass is 16.5. The average molecular weight is 217 g/mol. The van der Waals surface area contributed by atoms with Crippen LogP contribution in [0.4, 0.5) is 0 Å². The molecule has 1 unspecified atom stereocenters. The second kappa shape index (κ2) is 6.90. The molecule has 0 radical (unpaired) electrons. The minimum absolute atomic E-state index is 0.332. The topological polar surface area (TPSA) is 33.0 Å². The van der Waals surface area contributed by atoms with E-state index in [0.717, 1.165) is 12.2 Å². The number of nitrogens with zero attached hydrogens (tertiary/aromatic N) is 1. The molecule has 0 bridgehead atoms. The number of hydrogen-bond acceptors (Lipinski definition) is 2. The lowest BCUT2D eigenvalue weighted by Gasteiger charge is -2.10. The summed E-state index contributed by atoms with van der Waals surface area (Å²) in [7, 11) is 0. The number of rotatable bonds is 6. The van der Waals surface area contributed by atoms with Crippen LogP contribution in [0.25, 0.3) is 0 Å². The molecule has 1 aromatic carbocycles. The third-order valence-corrected chi connectivity index (χ3v) is 2.54. The Bertz CT molecular complexity index is 337. The summed E-state index contributed by atoms with van der Waals surface area (Å²) in [5.41, 5.74) is 1.33. The molecule has 1 rings (SSSR count). The molecular weight excluding hydrogens is 198 g/mol. The van der Waals surface area contributed by atoms with E-state index >= 15 is 0 Å². The highest BCUT2D eigenvalue weighted by Gasteiger charge is 2.05. The fourth-order valence-electron chi connectivity index (χ4n) is 1.48. The second-order valence-electron chi connectivity index (χ2n) is 3.89. The zero-order valence-corrected chi connectivity index (χ0v) is 10.1. The van der Waals surface area contributed by atoms with Crippen molar-refractivity contribution in [3.8, 4) is 11.8 Å². The normalized spacial score (nSPS) is 11.8. The Labute approximate surface area is 97.9 Å². The number of hydrogen-bond donors (Lipinski definition) is 0. The molecule has 0 saturated heterocycles. The van der Waals surface area contributed by atoms with Crippen molar-refractivity contribution in [1.29, 1.82) is 5.26 Å². The van der Waals surface area contributed by atoms with Gasteiger partial charge < -0.3 is 4.74 Å². The number of ether oxygens (including phenoxy) is 1. The number of nitriles is 1. The van der Waals surface area contributed by atoms with Crippen LogP contribution >= 0.6 is 0 Å². The van der Waals surface area contributed by atoms with Crippen LogP contribution in [0, 0.1) is 11.3 Å². The first-order valence-corrected chi connectivity index (χ1v) is 5.95. The van der Waals surface area contributed by atoms with Gasteiger partial charge in [-0.15, -0.1) is 0 Å². The van der Waals surface area contributed by atoms with Crippen molar-refractivity contribution in [2.45, 2.75) is 45.6 Å². The Kier molecular flexibility index (Phi) is 5.42. The van der Waals surface area contributed by atoms with E-state index in [1.54, 1.807) is 0 Å². The quantitative estimate of drug-likeness (QED) is 0.727. The summed E-state index contributed by atoms with van der Waals surface area (Å²) in [6, 6.07) is 10.2. The van der Waals surface area contributed by atoms with Crippen LogP contribution in [-0.2, 0) is 6.42 Å². The Hall–Kier alpha value is -1.49. The summed E-state index contributed by atoms with van der Waals surface area (Å²) in [4.78, 5) is 0. The maximum absolute atomic E-state index is 8.78. The monoisotopic (exact) mass is 217 g/mol. The predicted octanol–water partition coefficient (Wildman–Crippen LogP) is 3.71. The fraction of sp³-hybridized carbons (Fsp3) is 0.500. The maximum atomic E-state index is 8.78. The average Bonchev–Trinajstić information content (AvgIpc) is 2.35. The fourth-order valence-corrected chi connectivity index (χ4v) is 1.48. The van der Waals surface area contributed by atoms with Crippen molar-refractivity contribution in [3.05, 3.63) is 29.8 Å². The van der Waals surface area contributed by atoms with Gasteiger partial charge in [0, 0.05) is 0 Å².